The van der Waals surface area contributed by atoms with Gasteiger partial charge in [0.1, 0.15) is 5.82 Å². The Hall–Kier alpha value is -1.77. The first-order chi connectivity index (χ1) is 8.25. The number of nitrogens with two attached hydrogens (primary N) is 1. The van der Waals surface area contributed by atoms with E-state index in [-0.39, 0.29) is 0 Å². The quantitative estimate of drug-likeness (QED) is 0.761. The molecule has 1 unspecified atom stereocenters. The number of hydrogen-bond acceptors (Lipinski definition) is 2. The summed E-state index contributed by atoms with van der Waals surface area (Å²) in [5.74, 6) is 1.78. The number of nitrogen functional groups attached to an aromatic ring is 1. The molecule has 0 aliphatic carbocycles. The van der Waals surface area contributed by atoms with Crippen LogP contribution in [0.25, 0.3) is 11.4 Å². The van der Waals surface area contributed by atoms with Gasteiger partial charge < -0.3 is 10.3 Å². The van der Waals surface area contributed by atoms with Gasteiger partial charge in [-0.05, 0) is 30.9 Å². The Morgan fingerprint density at radius 3 is 3.00 bits per heavy atom. The van der Waals surface area contributed by atoms with Gasteiger partial charge in [-0.2, -0.15) is 0 Å². The predicted molar refractivity (Wildman–Crippen MR) is 69.6 cm³/mol. The monoisotopic (exact) mass is 227 g/mol. The summed E-state index contributed by atoms with van der Waals surface area (Å²) < 4.78 is 2.31. The molecule has 0 bridgehead atoms. The summed E-state index contributed by atoms with van der Waals surface area (Å²) in [6.45, 7) is 3.35. The average molecular weight is 227 g/mol. The van der Waals surface area contributed by atoms with E-state index in [2.05, 4.69) is 16.5 Å². The topological polar surface area (TPSA) is 43.8 Å². The van der Waals surface area contributed by atoms with Crippen molar-refractivity contribution in [2.45, 2.75) is 26.3 Å². The highest BCUT2D eigenvalue weighted by molar-refractivity contribution is 5.71. The Labute approximate surface area is 101 Å². The molecule has 3 heteroatoms. The molecule has 1 atom stereocenters. The fourth-order valence-electron chi connectivity index (χ4n) is 2.55. The van der Waals surface area contributed by atoms with Crippen LogP contribution in [0.3, 0.4) is 0 Å². The molecule has 2 N–H and O–H groups in total. The van der Waals surface area contributed by atoms with Crippen molar-refractivity contribution in [2.24, 2.45) is 5.92 Å². The number of imidazole rings is 1. The van der Waals surface area contributed by atoms with E-state index in [4.69, 9.17) is 5.73 Å². The molecule has 3 nitrogen and oxygen atoms in total. The third kappa shape index (κ3) is 1.71. The first-order valence-electron chi connectivity index (χ1n) is 6.15. The van der Waals surface area contributed by atoms with E-state index in [1.165, 1.54) is 12.1 Å². The molecule has 0 amide bonds. The lowest BCUT2D eigenvalue weighted by Gasteiger charge is -2.22. The Morgan fingerprint density at radius 1 is 1.35 bits per heavy atom. The first-order valence-corrected chi connectivity index (χ1v) is 6.15. The lowest BCUT2D eigenvalue weighted by molar-refractivity contribution is 0.419. The second-order valence-corrected chi connectivity index (χ2v) is 4.91. The third-order valence-electron chi connectivity index (χ3n) is 3.54. The largest absolute Gasteiger partial charge is 0.398 e. The highest BCUT2D eigenvalue weighted by Crippen LogP contribution is 2.29. The predicted octanol–water partition coefficient (Wildman–Crippen LogP) is 2.71. The van der Waals surface area contributed by atoms with Gasteiger partial charge in [0.25, 0.3) is 0 Å². The van der Waals surface area contributed by atoms with Gasteiger partial charge in [0.2, 0.25) is 0 Å². The van der Waals surface area contributed by atoms with Crippen LogP contribution in [0.5, 0.6) is 0 Å². The lowest BCUT2D eigenvalue weighted by Crippen LogP contribution is -2.17. The summed E-state index contributed by atoms with van der Waals surface area (Å²) >= 11 is 0. The summed E-state index contributed by atoms with van der Waals surface area (Å²) in [4.78, 5) is 4.55. The van der Waals surface area contributed by atoms with Crippen molar-refractivity contribution >= 4 is 5.69 Å². The minimum Gasteiger partial charge on any atom is -0.398 e. The summed E-state index contributed by atoms with van der Waals surface area (Å²) in [5.41, 5.74) is 9.21. The second kappa shape index (κ2) is 3.91. The Bertz CT molecular complexity index is 542. The molecule has 0 radical (unpaired) electrons. The Morgan fingerprint density at radius 2 is 2.18 bits per heavy atom. The molecule has 2 heterocycles. The van der Waals surface area contributed by atoms with E-state index in [0.29, 0.717) is 0 Å². The van der Waals surface area contributed by atoms with Crippen molar-refractivity contribution in [3.63, 3.8) is 0 Å². The van der Waals surface area contributed by atoms with E-state index in [9.17, 15) is 0 Å². The molecule has 0 saturated heterocycles. The molecule has 88 valence electrons. The van der Waals surface area contributed by atoms with Crippen LogP contribution in [0.4, 0.5) is 5.69 Å². The van der Waals surface area contributed by atoms with Gasteiger partial charge in [-0.3, -0.25) is 0 Å². The molecular formula is C14H17N3. The van der Waals surface area contributed by atoms with Crippen LogP contribution >= 0.6 is 0 Å². The zero-order valence-electron chi connectivity index (χ0n) is 10.1. The fourth-order valence-corrected chi connectivity index (χ4v) is 2.55. The SMILES string of the molecule is CC1CCn2c(cnc2-c2ccccc2N)C1. The van der Waals surface area contributed by atoms with Gasteiger partial charge in [-0.1, -0.05) is 19.1 Å². The fraction of sp³-hybridized carbons (Fsp3) is 0.357. The highest BCUT2D eigenvalue weighted by atomic mass is 15.1. The van der Waals surface area contributed by atoms with Crippen LogP contribution in [0.15, 0.2) is 30.5 Å². The number of fused-ring (bicyclic) bond motifs is 1. The van der Waals surface area contributed by atoms with Gasteiger partial charge in [0.15, 0.2) is 0 Å². The van der Waals surface area contributed by atoms with E-state index in [1.54, 1.807) is 0 Å². The first kappa shape index (κ1) is 10.4. The number of para-hydroxylation sites is 1. The van der Waals surface area contributed by atoms with Crippen molar-refractivity contribution in [1.29, 1.82) is 0 Å². The Kier molecular flexibility index (Phi) is 2.39. The highest BCUT2D eigenvalue weighted by Gasteiger charge is 2.19. The van der Waals surface area contributed by atoms with E-state index >= 15 is 0 Å². The van der Waals surface area contributed by atoms with Gasteiger partial charge in [0, 0.05) is 29.7 Å². The standard InChI is InChI=1S/C14H17N3/c1-10-6-7-17-11(8-10)9-16-14(17)12-4-2-3-5-13(12)15/h2-5,9-10H,6-8,15H2,1H3. The number of hydrogen-bond donors (Lipinski definition) is 1. The summed E-state index contributed by atoms with van der Waals surface area (Å²) in [7, 11) is 0. The maximum absolute atomic E-state index is 6.02. The van der Waals surface area contributed by atoms with Gasteiger partial charge in [0.05, 0.1) is 0 Å². The smallest absolute Gasteiger partial charge is 0.142 e. The zero-order valence-corrected chi connectivity index (χ0v) is 10.1. The van der Waals surface area contributed by atoms with Gasteiger partial charge >= 0.3 is 0 Å². The number of aromatic nitrogens is 2. The molecule has 0 spiro atoms. The zero-order chi connectivity index (χ0) is 11.8. The van der Waals surface area contributed by atoms with Gasteiger partial charge in [-0.15, -0.1) is 0 Å². The molecule has 1 aliphatic heterocycles. The van der Waals surface area contributed by atoms with Crippen LogP contribution in [0.2, 0.25) is 0 Å². The van der Waals surface area contributed by atoms with E-state index < -0.39 is 0 Å². The molecule has 2 aromatic rings. The molecule has 1 aromatic heterocycles. The number of anilines is 1. The van der Waals surface area contributed by atoms with Crippen LogP contribution in [0, 0.1) is 5.92 Å². The van der Waals surface area contributed by atoms with Crippen molar-refractivity contribution in [1.82, 2.24) is 9.55 Å². The maximum atomic E-state index is 6.02. The third-order valence-corrected chi connectivity index (χ3v) is 3.54. The number of nitrogens with zero attached hydrogens (tertiary/aromatic N) is 2. The lowest BCUT2D eigenvalue weighted by atomic mass is 9.98. The minimum absolute atomic E-state index is 0.764. The summed E-state index contributed by atoms with van der Waals surface area (Å²) in [6.07, 6.45) is 4.35. The molecule has 17 heavy (non-hydrogen) atoms. The molecule has 0 saturated carbocycles. The van der Waals surface area contributed by atoms with Gasteiger partial charge in [-0.25, -0.2) is 4.98 Å². The maximum Gasteiger partial charge on any atom is 0.142 e. The van der Waals surface area contributed by atoms with Crippen molar-refractivity contribution in [3.05, 3.63) is 36.2 Å². The molecule has 1 aliphatic rings. The number of rotatable bonds is 1. The van der Waals surface area contributed by atoms with Crippen LogP contribution in [-0.2, 0) is 13.0 Å². The molecule has 3 rings (SSSR count). The van der Waals surface area contributed by atoms with Crippen LogP contribution in [-0.4, -0.2) is 9.55 Å². The summed E-state index contributed by atoms with van der Waals surface area (Å²) in [5, 5.41) is 0. The van der Waals surface area contributed by atoms with Crippen LogP contribution in [0.1, 0.15) is 19.0 Å². The molecular weight excluding hydrogens is 210 g/mol. The molecule has 1 aromatic carbocycles. The molecule has 0 fully saturated rings. The van der Waals surface area contributed by atoms with Crippen molar-refractivity contribution in [3.8, 4) is 11.4 Å². The Balaban J connectivity index is 2.09. The minimum atomic E-state index is 0.764. The van der Waals surface area contributed by atoms with Crippen molar-refractivity contribution < 1.29 is 0 Å². The normalized spacial score (nSPS) is 19.0. The second-order valence-electron chi connectivity index (χ2n) is 4.91. The van der Waals surface area contributed by atoms with Crippen LogP contribution < -0.4 is 5.73 Å². The number of benzene rings is 1. The average Bonchev–Trinajstić information content (AvgIpc) is 2.72. The van der Waals surface area contributed by atoms with E-state index in [1.807, 2.05) is 30.5 Å². The van der Waals surface area contributed by atoms with E-state index in [0.717, 1.165) is 36.0 Å². The van der Waals surface area contributed by atoms with Crippen molar-refractivity contribution in [2.75, 3.05) is 5.73 Å². The summed E-state index contributed by atoms with van der Waals surface area (Å²) in [6, 6.07) is 7.95.